The smallest absolute Gasteiger partial charge is 0.251 e. The normalized spacial score (nSPS) is 11.6. The molecular formula is C16H20N2O. The number of H-pyrrole nitrogens is 1. The molecule has 0 aliphatic heterocycles. The summed E-state index contributed by atoms with van der Waals surface area (Å²) >= 11 is 0. The third kappa shape index (κ3) is 2.75. The highest BCUT2D eigenvalue weighted by Crippen LogP contribution is 2.25. The van der Waals surface area contributed by atoms with Gasteiger partial charge in [-0.1, -0.05) is 39.0 Å². The van der Waals surface area contributed by atoms with Gasteiger partial charge in [0, 0.05) is 17.0 Å². The van der Waals surface area contributed by atoms with Gasteiger partial charge in [-0.25, -0.2) is 4.98 Å². The molecule has 0 aliphatic carbocycles. The van der Waals surface area contributed by atoms with E-state index in [0.717, 1.165) is 17.1 Å². The average Bonchev–Trinajstić information content (AvgIpc) is 2.31. The van der Waals surface area contributed by atoms with Gasteiger partial charge in [0.15, 0.2) is 0 Å². The van der Waals surface area contributed by atoms with Gasteiger partial charge in [0.05, 0.1) is 5.69 Å². The van der Waals surface area contributed by atoms with Crippen LogP contribution < -0.4 is 5.56 Å². The largest absolute Gasteiger partial charge is 0.310 e. The van der Waals surface area contributed by atoms with Crippen molar-refractivity contribution in [3.8, 4) is 11.3 Å². The predicted molar refractivity (Wildman–Crippen MR) is 78.5 cm³/mol. The molecule has 19 heavy (non-hydrogen) atoms. The van der Waals surface area contributed by atoms with E-state index < -0.39 is 0 Å². The van der Waals surface area contributed by atoms with Crippen LogP contribution in [0.5, 0.6) is 0 Å². The number of hydrogen-bond donors (Lipinski definition) is 1. The molecule has 0 atom stereocenters. The first-order chi connectivity index (χ1) is 8.79. The minimum atomic E-state index is -0.174. The Morgan fingerprint density at radius 2 is 1.84 bits per heavy atom. The maximum Gasteiger partial charge on any atom is 0.251 e. The van der Waals surface area contributed by atoms with Crippen LogP contribution in [0.25, 0.3) is 11.3 Å². The van der Waals surface area contributed by atoms with Crippen molar-refractivity contribution in [3.05, 3.63) is 51.6 Å². The summed E-state index contributed by atoms with van der Waals surface area (Å²) in [5, 5.41) is 0. The molecule has 0 unspecified atom stereocenters. The minimum Gasteiger partial charge on any atom is -0.310 e. The van der Waals surface area contributed by atoms with Crippen molar-refractivity contribution in [2.45, 2.75) is 40.0 Å². The van der Waals surface area contributed by atoms with Gasteiger partial charge in [-0.3, -0.25) is 4.79 Å². The summed E-state index contributed by atoms with van der Waals surface area (Å²) in [5.74, 6) is 0.718. The molecule has 1 N–H and O–H groups in total. The number of nitrogens with one attached hydrogen (secondary N) is 1. The van der Waals surface area contributed by atoms with Gasteiger partial charge in [0.25, 0.3) is 5.56 Å². The van der Waals surface area contributed by atoms with Crippen LogP contribution in [0.2, 0.25) is 0 Å². The first-order valence-corrected chi connectivity index (χ1v) is 6.47. The molecule has 1 heterocycles. The molecule has 0 fully saturated rings. The molecule has 0 aliphatic rings. The maximum atomic E-state index is 11.8. The molecule has 3 heteroatoms. The van der Waals surface area contributed by atoms with Crippen LogP contribution in [0, 0.1) is 13.8 Å². The third-order valence-electron chi connectivity index (χ3n) is 3.33. The van der Waals surface area contributed by atoms with Crippen LogP contribution >= 0.6 is 0 Å². The summed E-state index contributed by atoms with van der Waals surface area (Å²) in [6, 6.07) is 7.64. The minimum absolute atomic E-state index is 0.101. The molecule has 2 aromatic rings. The van der Waals surface area contributed by atoms with Gasteiger partial charge in [0.2, 0.25) is 0 Å². The second-order valence-corrected chi connectivity index (χ2v) is 5.98. The fourth-order valence-electron chi connectivity index (χ4n) is 1.98. The standard InChI is InChI=1S/C16H20N2O/c1-10-7-6-8-12(11(10)2)13-9-14(19)18-15(17-13)16(3,4)5/h6-9H,1-5H3,(H,17,18,19). The van der Waals surface area contributed by atoms with E-state index in [1.807, 2.05) is 32.9 Å². The van der Waals surface area contributed by atoms with E-state index in [2.05, 4.69) is 29.9 Å². The highest BCUT2D eigenvalue weighted by molar-refractivity contribution is 5.64. The van der Waals surface area contributed by atoms with E-state index in [9.17, 15) is 4.79 Å². The van der Waals surface area contributed by atoms with Crippen molar-refractivity contribution in [1.29, 1.82) is 0 Å². The molecule has 1 aromatic heterocycles. The lowest BCUT2D eigenvalue weighted by molar-refractivity contribution is 0.543. The van der Waals surface area contributed by atoms with Crippen molar-refractivity contribution in [2.24, 2.45) is 0 Å². The Bertz CT molecular complexity index is 663. The lowest BCUT2D eigenvalue weighted by Crippen LogP contribution is -2.22. The van der Waals surface area contributed by atoms with Gasteiger partial charge < -0.3 is 4.98 Å². The Morgan fingerprint density at radius 3 is 2.47 bits per heavy atom. The maximum absolute atomic E-state index is 11.8. The zero-order valence-corrected chi connectivity index (χ0v) is 12.2. The van der Waals surface area contributed by atoms with Crippen molar-refractivity contribution < 1.29 is 0 Å². The molecule has 0 saturated heterocycles. The van der Waals surface area contributed by atoms with E-state index >= 15 is 0 Å². The van der Waals surface area contributed by atoms with Crippen LogP contribution in [0.1, 0.15) is 37.7 Å². The number of hydrogen-bond acceptors (Lipinski definition) is 2. The van der Waals surface area contributed by atoms with Gasteiger partial charge >= 0.3 is 0 Å². The molecule has 0 spiro atoms. The van der Waals surface area contributed by atoms with Crippen LogP contribution in [0.3, 0.4) is 0 Å². The van der Waals surface area contributed by atoms with Crippen LogP contribution in [-0.2, 0) is 5.41 Å². The van der Waals surface area contributed by atoms with E-state index in [4.69, 9.17) is 0 Å². The Morgan fingerprint density at radius 1 is 1.16 bits per heavy atom. The molecule has 100 valence electrons. The van der Waals surface area contributed by atoms with Crippen LogP contribution in [0.4, 0.5) is 0 Å². The summed E-state index contributed by atoms with van der Waals surface area (Å²) in [6.07, 6.45) is 0. The van der Waals surface area contributed by atoms with Crippen LogP contribution in [0.15, 0.2) is 29.1 Å². The summed E-state index contributed by atoms with van der Waals surface area (Å²) in [5.41, 5.74) is 3.87. The third-order valence-corrected chi connectivity index (χ3v) is 3.33. The highest BCUT2D eigenvalue weighted by Gasteiger charge is 2.18. The quantitative estimate of drug-likeness (QED) is 0.850. The topological polar surface area (TPSA) is 45.8 Å². The molecule has 0 bridgehead atoms. The number of nitrogens with zero attached hydrogens (tertiary/aromatic N) is 1. The Labute approximate surface area is 113 Å². The SMILES string of the molecule is Cc1cccc(-c2cc(=O)[nH]c(C(C)(C)C)n2)c1C. The van der Waals surface area contributed by atoms with Gasteiger partial charge in [-0.2, -0.15) is 0 Å². The first-order valence-electron chi connectivity index (χ1n) is 6.47. The summed E-state index contributed by atoms with van der Waals surface area (Å²) in [7, 11) is 0. The highest BCUT2D eigenvalue weighted by atomic mass is 16.1. The molecule has 1 aromatic carbocycles. The zero-order chi connectivity index (χ0) is 14.2. The average molecular weight is 256 g/mol. The first kappa shape index (κ1) is 13.5. The fraction of sp³-hybridized carbons (Fsp3) is 0.375. The summed E-state index contributed by atoms with van der Waals surface area (Å²) in [4.78, 5) is 19.3. The number of aryl methyl sites for hydroxylation is 1. The molecule has 0 radical (unpaired) electrons. The second kappa shape index (κ2) is 4.65. The number of aromatic nitrogens is 2. The number of benzene rings is 1. The number of aromatic amines is 1. The Hall–Kier alpha value is -1.90. The van der Waals surface area contributed by atoms with Gasteiger partial charge in [-0.05, 0) is 25.0 Å². The van der Waals surface area contributed by atoms with E-state index in [1.165, 1.54) is 11.1 Å². The summed E-state index contributed by atoms with van der Waals surface area (Å²) < 4.78 is 0. The van der Waals surface area contributed by atoms with Gasteiger partial charge in [0.1, 0.15) is 5.82 Å². The molecule has 0 saturated carbocycles. The zero-order valence-electron chi connectivity index (χ0n) is 12.2. The Kier molecular flexibility index (Phi) is 3.31. The molecule has 3 nitrogen and oxygen atoms in total. The van der Waals surface area contributed by atoms with E-state index in [0.29, 0.717) is 0 Å². The fourth-order valence-corrected chi connectivity index (χ4v) is 1.98. The lowest BCUT2D eigenvalue weighted by atomic mass is 9.95. The summed E-state index contributed by atoms with van der Waals surface area (Å²) in [6.45, 7) is 10.2. The van der Waals surface area contributed by atoms with Crippen molar-refractivity contribution in [1.82, 2.24) is 9.97 Å². The van der Waals surface area contributed by atoms with Gasteiger partial charge in [-0.15, -0.1) is 0 Å². The predicted octanol–water partition coefficient (Wildman–Crippen LogP) is 3.35. The van der Waals surface area contributed by atoms with Crippen molar-refractivity contribution >= 4 is 0 Å². The van der Waals surface area contributed by atoms with Crippen molar-refractivity contribution in [2.75, 3.05) is 0 Å². The molecule has 0 amide bonds. The molecular weight excluding hydrogens is 236 g/mol. The lowest BCUT2D eigenvalue weighted by Gasteiger charge is -2.18. The monoisotopic (exact) mass is 256 g/mol. The van der Waals surface area contributed by atoms with Crippen molar-refractivity contribution in [3.63, 3.8) is 0 Å². The molecule has 2 rings (SSSR count). The van der Waals surface area contributed by atoms with E-state index in [-0.39, 0.29) is 11.0 Å². The van der Waals surface area contributed by atoms with Crippen LogP contribution in [-0.4, -0.2) is 9.97 Å². The Balaban J connectivity index is 2.67. The number of rotatable bonds is 1. The second-order valence-electron chi connectivity index (χ2n) is 5.98. The van der Waals surface area contributed by atoms with E-state index in [1.54, 1.807) is 6.07 Å².